The lowest BCUT2D eigenvalue weighted by molar-refractivity contribution is 0.199. The highest BCUT2D eigenvalue weighted by atomic mass is 16.3. The fraction of sp³-hybridized carbons (Fsp3) is 0.500. The van der Waals surface area contributed by atoms with Gasteiger partial charge in [-0.1, -0.05) is 12.1 Å². The molecule has 0 amide bonds. The Hall–Kier alpha value is -1.06. The van der Waals surface area contributed by atoms with Crippen LogP contribution in [0.15, 0.2) is 18.2 Å². The van der Waals surface area contributed by atoms with Crippen molar-refractivity contribution in [3.05, 3.63) is 29.3 Å². The summed E-state index contributed by atoms with van der Waals surface area (Å²) in [5, 5.41) is 13.3. The standard InChI is InChI=1S/C12H18N2O/c1-9-3-4-10(12(15)7-9)11-8-13-5-6-14(11)2/h3-4,7,11,13,15H,5-6,8H2,1-2H3. The minimum Gasteiger partial charge on any atom is -0.508 e. The van der Waals surface area contributed by atoms with Crippen molar-refractivity contribution in [3.8, 4) is 5.75 Å². The Labute approximate surface area is 90.7 Å². The van der Waals surface area contributed by atoms with E-state index in [0.717, 1.165) is 30.8 Å². The Kier molecular flexibility index (Phi) is 2.93. The second kappa shape index (κ2) is 4.21. The highest BCUT2D eigenvalue weighted by Gasteiger charge is 2.22. The molecule has 1 fully saturated rings. The van der Waals surface area contributed by atoms with E-state index in [-0.39, 0.29) is 0 Å². The third-order valence-electron chi connectivity index (χ3n) is 3.06. The highest BCUT2D eigenvalue weighted by molar-refractivity contribution is 5.38. The van der Waals surface area contributed by atoms with Gasteiger partial charge in [0.15, 0.2) is 0 Å². The molecule has 1 aliphatic heterocycles. The third kappa shape index (κ3) is 2.13. The Morgan fingerprint density at radius 3 is 2.93 bits per heavy atom. The molecule has 0 spiro atoms. The Morgan fingerprint density at radius 2 is 2.27 bits per heavy atom. The van der Waals surface area contributed by atoms with Gasteiger partial charge in [0.05, 0.1) is 6.04 Å². The Bertz CT molecular complexity index is 351. The number of phenols is 1. The maximum Gasteiger partial charge on any atom is 0.120 e. The predicted octanol–water partition coefficient (Wildman–Crippen LogP) is 1.28. The summed E-state index contributed by atoms with van der Waals surface area (Å²) in [5.41, 5.74) is 2.12. The maximum atomic E-state index is 9.91. The average Bonchev–Trinajstić information content (AvgIpc) is 2.20. The number of hydrogen-bond donors (Lipinski definition) is 2. The molecule has 1 aromatic rings. The number of hydrogen-bond acceptors (Lipinski definition) is 3. The van der Waals surface area contributed by atoms with Gasteiger partial charge in [-0.05, 0) is 25.6 Å². The molecule has 0 bridgehead atoms. The number of likely N-dealkylation sites (N-methyl/N-ethyl adjacent to an activating group) is 1. The van der Waals surface area contributed by atoms with Crippen molar-refractivity contribution >= 4 is 0 Å². The van der Waals surface area contributed by atoms with E-state index in [1.54, 1.807) is 0 Å². The number of aryl methyl sites for hydroxylation is 1. The van der Waals surface area contributed by atoms with Crippen LogP contribution in [0.2, 0.25) is 0 Å². The summed E-state index contributed by atoms with van der Waals surface area (Å²) in [5.74, 6) is 0.413. The van der Waals surface area contributed by atoms with Crippen molar-refractivity contribution in [1.29, 1.82) is 0 Å². The van der Waals surface area contributed by atoms with Crippen molar-refractivity contribution in [3.63, 3.8) is 0 Å². The molecule has 1 unspecified atom stereocenters. The Morgan fingerprint density at radius 1 is 1.47 bits per heavy atom. The van der Waals surface area contributed by atoms with Gasteiger partial charge >= 0.3 is 0 Å². The molecule has 82 valence electrons. The van der Waals surface area contributed by atoms with Crippen LogP contribution in [0.25, 0.3) is 0 Å². The van der Waals surface area contributed by atoms with Gasteiger partial charge in [0.25, 0.3) is 0 Å². The number of piperazine rings is 1. The smallest absolute Gasteiger partial charge is 0.120 e. The highest BCUT2D eigenvalue weighted by Crippen LogP contribution is 2.29. The van der Waals surface area contributed by atoms with Gasteiger partial charge in [-0.25, -0.2) is 0 Å². The number of nitrogens with one attached hydrogen (secondary N) is 1. The molecule has 1 heterocycles. The van der Waals surface area contributed by atoms with Crippen molar-refractivity contribution in [2.45, 2.75) is 13.0 Å². The normalized spacial score (nSPS) is 22.9. The molecule has 1 aromatic carbocycles. The number of phenolic OH excluding ortho intramolecular Hbond substituents is 1. The van der Waals surface area contributed by atoms with Gasteiger partial charge in [0.2, 0.25) is 0 Å². The second-order valence-electron chi connectivity index (χ2n) is 4.26. The van der Waals surface area contributed by atoms with Crippen LogP contribution in [0.4, 0.5) is 0 Å². The van der Waals surface area contributed by atoms with E-state index in [2.05, 4.69) is 23.3 Å². The molecule has 0 aliphatic carbocycles. The molecule has 1 atom stereocenters. The lowest BCUT2D eigenvalue weighted by Gasteiger charge is -2.33. The first kappa shape index (κ1) is 10.5. The van der Waals surface area contributed by atoms with Crippen LogP contribution in [-0.4, -0.2) is 36.7 Å². The quantitative estimate of drug-likeness (QED) is 0.726. The lowest BCUT2D eigenvalue weighted by Crippen LogP contribution is -2.43. The van der Waals surface area contributed by atoms with Gasteiger partial charge in [-0.3, -0.25) is 4.90 Å². The Balaban J connectivity index is 2.27. The maximum absolute atomic E-state index is 9.91. The summed E-state index contributed by atoms with van der Waals surface area (Å²) in [6, 6.07) is 6.20. The first-order valence-corrected chi connectivity index (χ1v) is 5.39. The van der Waals surface area contributed by atoms with Gasteiger partial charge < -0.3 is 10.4 Å². The zero-order valence-electron chi connectivity index (χ0n) is 9.33. The van der Waals surface area contributed by atoms with Crippen LogP contribution in [0, 0.1) is 6.92 Å². The monoisotopic (exact) mass is 206 g/mol. The van der Waals surface area contributed by atoms with Crippen LogP contribution < -0.4 is 5.32 Å². The number of rotatable bonds is 1. The lowest BCUT2D eigenvalue weighted by atomic mass is 10.0. The fourth-order valence-electron chi connectivity index (χ4n) is 2.09. The number of benzene rings is 1. The van der Waals surface area contributed by atoms with E-state index in [1.165, 1.54) is 0 Å². The molecule has 1 aliphatic rings. The van der Waals surface area contributed by atoms with E-state index in [0.29, 0.717) is 11.8 Å². The van der Waals surface area contributed by atoms with Gasteiger partial charge in [0.1, 0.15) is 5.75 Å². The zero-order valence-corrected chi connectivity index (χ0v) is 9.33. The van der Waals surface area contributed by atoms with Crippen molar-refractivity contribution < 1.29 is 5.11 Å². The minimum atomic E-state index is 0.291. The molecule has 0 aromatic heterocycles. The first-order chi connectivity index (χ1) is 7.18. The molecular weight excluding hydrogens is 188 g/mol. The zero-order chi connectivity index (χ0) is 10.8. The molecule has 15 heavy (non-hydrogen) atoms. The first-order valence-electron chi connectivity index (χ1n) is 5.39. The van der Waals surface area contributed by atoms with Gasteiger partial charge in [-0.15, -0.1) is 0 Å². The SMILES string of the molecule is Cc1ccc(C2CNCCN2C)c(O)c1. The van der Waals surface area contributed by atoms with E-state index in [9.17, 15) is 5.11 Å². The number of aromatic hydroxyl groups is 1. The van der Waals surface area contributed by atoms with Gasteiger partial charge in [0, 0.05) is 25.2 Å². The molecule has 1 saturated heterocycles. The molecule has 2 rings (SSSR count). The van der Waals surface area contributed by atoms with E-state index >= 15 is 0 Å². The van der Waals surface area contributed by atoms with Crippen LogP contribution in [0.3, 0.4) is 0 Å². The summed E-state index contributed by atoms with van der Waals surface area (Å²) >= 11 is 0. The molecule has 3 heteroatoms. The summed E-state index contributed by atoms with van der Waals surface area (Å²) in [4.78, 5) is 2.28. The fourth-order valence-corrected chi connectivity index (χ4v) is 2.09. The van der Waals surface area contributed by atoms with Crippen molar-refractivity contribution in [2.24, 2.45) is 0 Å². The average molecular weight is 206 g/mol. The molecule has 2 N–H and O–H groups in total. The molecular formula is C12H18N2O. The summed E-state index contributed by atoms with van der Waals surface area (Å²) in [7, 11) is 2.10. The topological polar surface area (TPSA) is 35.5 Å². The molecule has 0 saturated carbocycles. The summed E-state index contributed by atoms with van der Waals surface area (Å²) in [6.45, 7) is 4.96. The molecule has 0 radical (unpaired) electrons. The molecule has 3 nitrogen and oxygen atoms in total. The minimum absolute atomic E-state index is 0.291. The third-order valence-corrected chi connectivity index (χ3v) is 3.06. The largest absolute Gasteiger partial charge is 0.508 e. The van der Waals surface area contributed by atoms with E-state index < -0.39 is 0 Å². The number of nitrogens with zero attached hydrogens (tertiary/aromatic N) is 1. The van der Waals surface area contributed by atoms with Crippen LogP contribution in [0.5, 0.6) is 5.75 Å². The van der Waals surface area contributed by atoms with Crippen LogP contribution in [0.1, 0.15) is 17.2 Å². The van der Waals surface area contributed by atoms with Gasteiger partial charge in [-0.2, -0.15) is 0 Å². The second-order valence-corrected chi connectivity index (χ2v) is 4.26. The van der Waals surface area contributed by atoms with Crippen LogP contribution >= 0.6 is 0 Å². The summed E-state index contributed by atoms with van der Waals surface area (Å²) < 4.78 is 0. The van der Waals surface area contributed by atoms with E-state index in [1.807, 2.05) is 19.1 Å². The van der Waals surface area contributed by atoms with Crippen molar-refractivity contribution in [1.82, 2.24) is 10.2 Å². The summed E-state index contributed by atoms with van der Waals surface area (Å²) in [6.07, 6.45) is 0. The van der Waals surface area contributed by atoms with Crippen molar-refractivity contribution in [2.75, 3.05) is 26.7 Å². The van der Waals surface area contributed by atoms with Crippen LogP contribution in [-0.2, 0) is 0 Å². The van der Waals surface area contributed by atoms with E-state index in [4.69, 9.17) is 0 Å². The predicted molar refractivity (Wildman–Crippen MR) is 61.1 cm³/mol.